The first-order chi connectivity index (χ1) is 14.8. The van der Waals surface area contributed by atoms with E-state index in [2.05, 4.69) is 17.3 Å². The van der Waals surface area contributed by atoms with E-state index in [0.29, 0.717) is 12.1 Å². The Morgan fingerprint density at radius 2 is 2.03 bits per heavy atom. The minimum atomic E-state index is -0.833. The molecule has 31 heavy (non-hydrogen) atoms. The molecule has 1 aromatic carbocycles. The molecule has 3 heterocycles. The molecule has 1 N–H and O–H groups in total. The van der Waals surface area contributed by atoms with Crippen LogP contribution in [-0.4, -0.2) is 52.9 Å². The number of likely N-dealkylation sites (N-methyl/N-ethyl adjacent to an activating group) is 1. The average molecular weight is 426 g/mol. The SMILES string of the molecule is CNc1nc([C@H]2CCCCN2C(=O)C(C)(C)c2cccc(F)c2)nc2c1CN(C)CC2. The van der Waals surface area contributed by atoms with Crippen molar-refractivity contribution in [1.29, 1.82) is 0 Å². The molecule has 0 saturated carbocycles. The lowest BCUT2D eigenvalue weighted by molar-refractivity contribution is -0.140. The number of hydrogen-bond donors (Lipinski definition) is 1. The zero-order valence-corrected chi connectivity index (χ0v) is 18.9. The Morgan fingerprint density at radius 3 is 2.77 bits per heavy atom. The highest BCUT2D eigenvalue weighted by atomic mass is 19.1. The topological polar surface area (TPSA) is 61.4 Å². The molecule has 1 saturated heterocycles. The maximum atomic E-state index is 13.9. The van der Waals surface area contributed by atoms with Crippen molar-refractivity contribution in [2.75, 3.05) is 32.5 Å². The molecule has 7 heteroatoms. The standard InChI is InChI=1S/C24H32FN5O/c1-24(2,16-8-7-9-17(25)14-16)23(31)30-12-6-5-10-20(30)22-27-19-11-13-29(4)15-18(19)21(26-3)28-22/h7-9,14,20H,5-6,10-13,15H2,1-4H3,(H,26,27,28)/t20-/m1/s1. The third-order valence-electron chi connectivity index (χ3n) is 6.65. The van der Waals surface area contributed by atoms with Gasteiger partial charge in [-0.05, 0) is 57.9 Å². The van der Waals surface area contributed by atoms with E-state index in [1.165, 1.54) is 12.1 Å². The van der Waals surface area contributed by atoms with Crippen molar-refractivity contribution in [3.63, 3.8) is 0 Å². The van der Waals surface area contributed by atoms with Crippen LogP contribution in [-0.2, 0) is 23.2 Å². The molecule has 1 fully saturated rings. The van der Waals surface area contributed by atoms with Crippen LogP contribution in [0.3, 0.4) is 0 Å². The molecular formula is C24H32FN5O. The molecule has 0 spiro atoms. The third kappa shape index (κ3) is 4.15. The smallest absolute Gasteiger partial charge is 0.233 e. The van der Waals surface area contributed by atoms with Crippen LogP contribution in [0.1, 0.15) is 61.8 Å². The molecule has 2 aromatic rings. The summed E-state index contributed by atoms with van der Waals surface area (Å²) in [4.78, 5) is 27.7. The molecule has 2 aliphatic heterocycles. The Bertz CT molecular complexity index is 959. The second-order valence-electron chi connectivity index (χ2n) is 9.24. The lowest BCUT2D eigenvalue weighted by Gasteiger charge is -2.40. The van der Waals surface area contributed by atoms with E-state index in [1.807, 2.05) is 31.9 Å². The van der Waals surface area contributed by atoms with Crippen molar-refractivity contribution in [2.45, 2.75) is 57.5 Å². The van der Waals surface area contributed by atoms with Crippen molar-refractivity contribution in [1.82, 2.24) is 19.8 Å². The zero-order chi connectivity index (χ0) is 22.2. The lowest BCUT2D eigenvalue weighted by atomic mass is 9.82. The van der Waals surface area contributed by atoms with Gasteiger partial charge in [0, 0.05) is 38.7 Å². The zero-order valence-electron chi connectivity index (χ0n) is 18.9. The van der Waals surface area contributed by atoms with Gasteiger partial charge in [0.15, 0.2) is 5.82 Å². The van der Waals surface area contributed by atoms with Crippen LogP contribution in [0.25, 0.3) is 0 Å². The molecule has 0 aliphatic carbocycles. The van der Waals surface area contributed by atoms with E-state index >= 15 is 0 Å². The number of anilines is 1. The van der Waals surface area contributed by atoms with Gasteiger partial charge in [-0.3, -0.25) is 4.79 Å². The van der Waals surface area contributed by atoms with Crippen LogP contribution < -0.4 is 5.32 Å². The van der Waals surface area contributed by atoms with Gasteiger partial charge in [-0.15, -0.1) is 0 Å². The molecular weight excluding hydrogens is 393 g/mol. The summed E-state index contributed by atoms with van der Waals surface area (Å²) in [6.07, 6.45) is 3.71. The molecule has 0 bridgehead atoms. The Hall–Kier alpha value is -2.54. The quantitative estimate of drug-likeness (QED) is 0.810. The number of likely N-dealkylation sites (tertiary alicyclic amines) is 1. The highest BCUT2D eigenvalue weighted by molar-refractivity contribution is 5.87. The minimum Gasteiger partial charge on any atom is -0.373 e. The fraction of sp³-hybridized carbons (Fsp3) is 0.542. The summed E-state index contributed by atoms with van der Waals surface area (Å²) in [5.41, 5.74) is 2.08. The van der Waals surface area contributed by atoms with Crippen LogP contribution in [0.4, 0.5) is 10.2 Å². The fourth-order valence-corrected chi connectivity index (χ4v) is 4.73. The number of rotatable bonds is 4. The summed E-state index contributed by atoms with van der Waals surface area (Å²) in [6.45, 7) is 6.20. The van der Waals surface area contributed by atoms with E-state index in [0.717, 1.165) is 61.7 Å². The number of carbonyl (C=O) groups is 1. The highest BCUT2D eigenvalue weighted by Gasteiger charge is 2.40. The van der Waals surface area contributed by atoms with E-state index in [4.69, 9.17) is 9.97 Å². The largest absolute Gasteiger partial charge is 0.373 e. The van der Waals surface area contributed by atoms with E-state index in [-0.39, 0.29) is 17.8 Å². The summed E-state index contributed by atoms with van der Waals surface area (Å²) >= 11 is 0. The second-order valence-corrected chi connectivity index (χ2v) is 9.24. The Labute approximate surface area is 183 Å². The van der Waals surface area contributed by atoms with Gasteiger partial charge in [-0.2, -0.15) is 0 Å². The average Bonchev–Trinajstić information content (AvgIpc) is 2.77. The second kappa shape index (κ2) is 8.54. The number of fused-ring (bicyclic) bond motifs is 1. The number of halogens is 1. The molecule has 0 unspecified atom stereocenters. The predicted molar refractivity (Wildman–Crippen MR) is 119 cm³/mol. The van der Waals surface area contributed by atoms with Gasteiger partial charge in [-0.25, -0.2) is 14.4 Å². The molecule has 2 aliphatic rings. The summed E-state index contributed by atoms with van der Waals surface area (Å²) in [7, 11) is 3.99. The van der Waals surface area contributed by atoms with Crippen LogP contribution in [0.2, 0.25) is 0 Å². The maximum absolute atomic E-state index is 13.9. The van der Waals surface area contributed by atoms with Gasteiger partial charge in [0.25, 0.3) is 0 Å². The van der Waals surface area contributed by atoms with Gasteiger partial charge in [0.1, 0.15) is 11.6 Å². The highest BCUT2D eigenvalue weighted by Crippen LogP contribution is 2.36. The lowest BCUT2D eigenvalue weighted by Crippen LogP contribution is -2.47. The number of nitrogens with zero attached hydrogens (tertiary/aromatic N) is 4. The van der Waals surface area contributed by atoms with Crippen LogP contribution >= 0.6 is 0 Å². The number of carbonyl (C=O) groups excluding carboxylic acids is 1. The van der Waals surface area contributed by atoms with Crippen LogP contribution in [0.5, 0.6) is 0 Å². The summed E-state index contributed by atoms with van der Waals surface area (Å²) < 4.78 is 13.9. The number of nitrogens with one attached hydrogen (secondary N) is 1. The maximum Gasteiger partial charge on any atom is 0.233 e. The summed E-state index contributed by atoms with van der Waals surface area (Å²) in [5.74, 6) is 1.25. The van der Waals surface area contributed by atoms with Crippen molar-refractivity contribution in [2.24, 2.45) is 0 Å². The fourth-order valence-electron chi connectivity index (χ4n) is 4.73. The number of hydrogen-bond acceptors (Lipinski definition) is 5. The molecule has 1 amide bonds. The third-order valence-corrected chi connectivity index (χ3v) is 6.65. The van der Waals surface area contributed by atoms with Crippen molar-refractivity contribution >= 4 is 11.7 Å². The minimum absolute atomic E-state index is 0.00476. The van der Waals surface area contributed by atoms with E-state index < -0.39 is 5.41 Å². The van der Waals surface area contributed by atoms with Crippen molar-refractivity contribution in [3.8, 4) is 0 Å². The molecule has 166 valence electrons. The van der Waals surface area contributed by atoms with Gasteiger partial charge in [0.05, 0.1) is 17.2 Å². The van der Waals surface area contributed by atoms with Crippen LogP contribution in [0, 0.1) is 5.82 Å². The first kappa shape index (κ1) is 21.7. The predicted octanol–water partition coefficient (Wildman–Crippen LogP) is 3.68. The van der Waals surface area contributed by atoms with Gasteiger partial charge in [-0.1, -0.05) is 12.1 Å². The first-order valence-corrected chi connectivity index (χ1v) is 11.1. The molecule has 1 atom stereocenters. The van der Waals surface area contributed by atoms with Gasteiger partial charge < -0.3 is 15.1 Å². The Balaban J connectivity index is 1.69. The number of aromatic nitrogens is 2. The Kier molecular flexibility index (Phi) is 5.97. The number of benzene rings is 1. The van der Waals surface area contributed by atoms with Gasteiger partial charge in [0.2, 0.25) is 5.91 Å². The van der Waals surface area contributed by atoms with Crippen LogP contribution in [0.15, 0.2) is 24.3 Å². The number of piperidine rings is 1. The molecule has 6 nitrogen and oxygen atoms in total. The summed E-state index contributed by atoms with van der Waals surface area (Å²) in [6, 6.07) is 6.19. The monoisotopic (exact) mass is 425 g/mol. The van der Waals surface area contributed by atoms with E-state index in [9.17, 15) is 9.18 Å². The van der Waals surface area contributed by atoms with Gasteiger partial charge >= 0.3 is 0 Å². The normalized spacial score (nSPS) is 19.8. The number of amides is 1. The first-order valence-electron chi connectivity index (χ1n) is 11.1. The molecule has 0 radical (unpaired) electrons. The molecule has 4 rings (SSSR count). The van der Waals surface area contributed by atoms with Crippen molar-refractivity contribution in [3.05, 3.63) is 52.7 Å². The van der Waals surface area contributed by atoms with E-state index in [1.54, 1.807) is 6.07 Å². The van der Waals surface area contributed by atoms with Crippen molar-refractivity contribution < 1.29 is 9.18 Å². The molecule has 1 aromatic heterocycles. The Morgan fingerprint density at radius 1 is 1.23 bits per heavy atom. The summed E-state index contributed by atoms with van der Waals surface area (Å²) in [5, 5.41) is 3.24.